The maximum atomic E-state index is 11.3. The highest BCUT2D eigenvalue weighted by Gasteiger charge is 2.08. The Labute approximate surface area is 80.2 Å². The second-order valence-corrected chi connectivity index (χ2v) is 2.65. The summed E-state index contributed by atoms with van der Waals surface area (Å²) >= 11 is 0. The van der Waals surface area contributed by atoms with Gasteiger partial charge in [-0.1, -0.05) is 5.16 Å². The fourth-order valence-corrected chi connectivity index (χ4v) is 0.833. The predicted octanol–water partition coefficient (Wildman–Crippen LogP) is -1.10. The lowest BCUT2D eigenvalue weighted by molar-refractivity contribution is 0.0953. The van der Waals surface area contributed by atoms with Gasteiger partial charge < -0.3 is 16.3 Å². The number of carbonyl (C=O) groups is 1. The number of amides is 1. The van der Waals surface area contributed by atoms with E-state index in [-0.39, 0.29) is 18.3 Å². The first-order valence-electron chi connectivity index (χ1n) is 3.87. The Balaban J connectivity index is 2.51. The summed E-state index contributed by atoms with van der Waals surface area (Å²) < 4.78 is 1.51. The molecule has 1 amide bonds. The zero-order valence-corrected chi connectivity index (χ0v) is 7.64. The zero-order valence-electron chi connectivity index (χ0n) is 7.64. The van der Waals surface area contributed by atoms with Crippen LogP contribution >= 0.6 is 0 Å². The first-order chi connectivity index (χ1) is 6.63. The first kappa shape index (κ1) is 10.0. The average molecular weight is 197 g/mol. The van der Waals surface area contributed by atoms with Crippen LogP contribution in [0.4, 0.5) is 0 Å². The van der Waals surface area contributed by atoms with Crippen molar-refractivity contribution in [3.8, 4) is 0 Å². The van der Waals surface area contributed by atoms with E-state index in [2.05, 4.69) is 15.6 Å². The molecule has 0 aromatic carbocycles. The molecular formula is C7H11N5O2. The van der Waals surface area contributed by atoms with Gasteiger partial charge in [-0.3, -0.25) is 9.48 Å². The molecule has 14 heavy (non-hydrogen) atoms. The largest absolute Gasteiger partial charge is 0.409 e. The average Bonchev–Trinajstić information content (AvgIpc) is 2.60. The molecule has 0 spiro atoms. The molecule has 0 aliphatic heterocycles. The van der Waals surface area contributed by atoms with Gasteiger partial charge in [-0.2, -0.15) is 5.10 Å². The summed E-state index contributed by atoms with van der Waals surface area (Å²) in [6.07, 6.45) is 1.65. The van der Waals surface area contributed by atoms with Crippen LogP contribution in [0, 0.1) is 0 Å². The Hall–Kier alpha value is -2.05. The van der Waals surface area contributed by atoms with Crippen molar-refractivity contribution in [3.63, 3.8) is 0 Å². The van der Waals surface area contributed by atoms with Crippen molar-refractivity contribution < 1.29 is 10.0 Å². The number of nitrogens with zero attached hydrogens (tertiary/aromatic N) is 3. The van der Waals surface area contributed by atoms with Crippen LogP contribution < -0.4 is 11.1 Å². The number of nitrogens with one attached hydrogen (secondary N) is 1. The van der Waals surface area contributed by atoms with E-state index in [4.69, 9.17) is 10.9 Å². The van der Waals surface area contributed by atoms with Gasteiger partial charge in [0, 0.05) is 13.2 Å². The van der Waals surface area contributed by atoms with Crippen LogP contribution in [0.2, 0.25) is 0 Å². The minimum Gasteiger partial charge on any atom is -0.409 e. The van der Waals surface area contributed by atoms with E-state index >= 15 is 0 Å². The summed E-state index contributed by atoms with van der Waals surface area (Å²) in [7, 11) is 1.71. The van der Waals surface area contributed by atoms with Gasteiger partial charge in [-0.15, -0.1) is 0 Å². The Kier molecular flexibility index (Phi) is 3.05. The minimum absolute atomic E-state index is 0.00803. The Bertz CT molecular complexity index is 357. The van der Waals surface area contributed by atoms with Crippen molar-refractivity contribution >= 4 is 11.7 Å². The quantitative estimate of drug-likeness (QED) is 0.247. The van der Waals surface area contributed by atoms with Crippen molar-refractivity contribution in [2.75, 3.05) is 6.54 Å². The Morgan fingerprint density at radius 3 is 3.07 bits per heavy atom. The molecule has 0 unspecified atom stereocenters. The van der Waals surface area contributed by atoms with Gasteiger partial charge in [-0.05, 0) is 6.07 Å². The Morgan fingerprint density at radius 1 is 1.86 bits per heavy atom. The van der Waals surface area contributed by atoms with E-state index in [0.717, 1.165) is 0 Å². The second kappa shape index (κ2) is 4.26. The number of rotatable bonds is 3. The number of aryl methyl sites for hydroxylation is 1. The third-order valence-electron chi connectivity index (χ3n) is 1.50. The summed E-state index contributed by atoms with van der Waals surface area (Å²) in [6.45, 7) is -0.00803. The highest BCUT2D eigenvalue weighted by molar-refractivity contribution is 5.95. The molecule has 76 valence electrons. The number of nitrogens with two attached hydrogens (primary N) is 1. The van der Waals surface area contributed by atoms with E-state index in [9.17, 15) is 4.79 Å². The summed E-state index contributed by atoms with van der Waals surface area (Å²) in [5.41, 5.74) is 5.45. The zero-order chi connectivity index (χ0) is 10.6. The summed E-state index contributed by atoms with van der Waals surface area (Å²) in [4.78, 5) is 11.3. The number of hydrogen-bond acceptors (Lipinski definition) is 4. The third-order valence-corrected chi connectivity index (χ3v) is 1.50. The molecule has 1 heterocycles. The van der Waals surface area contributed by atoms with Gasteiger partial charge in [0.2, 0.25) is 0 Å². The molecule has 1 rings (SSSR count). The maximum Gasteiger partial charge on any atom is 0.272 e. The van der Waals surface area contributed by atoms with Crippen LogP contribution in [0.5, 0.6) is 0 Å². The SMILES string of the molecule is Cn1ccc(C(=O)NC/C(N)=N/O)n1. The monoisotopic (exact) mass is 197 g/mol. The summed E-state index contributed by atoms with van der Waals surface area (Å²) in [5.74, 6) is -0.425. The van der Waals surface area contributed by atoms with Crippen LogP contribution in [0.1, 0.15) is 10.5 Å². The van der Waals surface area contributed by atoms with Gasteiger partial charge in [0.25, 0.3) is 5.91 Å². The topological polar surface area (TPSA) is 106 Å². The number of aromatic nitrogens is 2. The smallest absolute Gasteiger partial charge is 0.272 e. The molecule has 0 aliphatic rings. The van der Waals surface area contributed by atoms with E-state index < -0.39 is 0 Å². The molecule has 0 saturated carbocycles. The highest BCUT2D eigenvalue weighted by atomic mass is 16.4. The first-order valence-corrected chi connectivity index (χ1v) is 3.87. The standard InChI is InChI=1S/C7H11N5O2/c1-12-3-2-5(10-12)7(13)9-4-6(8)11-14/h2-3,14H,4H2,1H3,(H2,8,11)(H,9,13). The molecule has 0 radical (unpaired) electrons. The normalized spacial score (nSPS) is 11.4. The molecule has 0 bridgehead atoms. The lowest BCUT2D eigenvalue weighted by atomic mass is 10.4. The second-order valence-electron chi connectivity index (χ2n) is 2.65. The van der Waals surface area contributed by atoms with Crippen molar-refractivity contribution in [1.29, 1.82) is 0 Å². The van der Waals surface area contributed by atoms with E-state index in [0.29, 0.717) is 5.69 Å². The molecule has 7 nitrogen and oxygen atoms in total. The van der Waals surface area contributed by atoms with Gasteiger partial charge in [-0.25, -0.2) is 0 Å². The fraction of sp³-hybridized carbons (Fsp3) is 0.286. The van der Waals surface area contributed by atoms with Crippen molar-refractivity contribution in [2.24, 2.45) is 17.9 Å². The van der Waals surface area contributed by atoms with Crippen molar-refractivity contribution in [2.45, 2.75) is 0 Å². The van der Waals surface area contributed by atoms with Gasteiger partial charge in [0.05, 0.1) is 6.54 Å². The van der Waals surface area contributed by atoms with Gasteiger partial charge in [0.1, 0.15) is 5.69 Å². The van der Waals surface area contributed by atoms with Crippen molar-refractivity contribution in [3.05, 3.63) is 18.0 Å². The molecule has 4 N–H and O–H groups in total. The van der Waals surface area contributed by atoms with E-state index in [1.807, 2.05) is 0 Å². The van der Waals surface area contributed by atoms with Crippen LogP contribution in [0.3, 0.4) is 0 Å². The molecule has 0 saturated heterocycles. The third kappa shape index (κ3) is 2.47. The summed E-state index contributed by atoms with van der Waals surface area (Å²) in [6, 6.07) is 1.57. The maximum absolute atomic E-state index is 11.3. The van der Waals surface area contributed by atoms with Crippen LogP contribution in [-0.2, 0) is 7.05 Å². The van der Waals surface area contributed by atoms with Gasteiger partial charge >= 0.3 is 0 Å². The van der Waals surface area contributed by atoms with E-state index in [1.165, 1.54) is 4.68 Å². The molecule has 0 fully saturated rings. The van der Waals surface area contributed by atoms with Crippen molar-refractivity contribution in [1.82, 2.24) is 15.1 Å². The minimum atomic E-state index is -0.364. The summed E-state index contributed by atoms with van der Waals surface area (Å²) in [5, 5.41) is 17.2. The van der Waals surface area contributed by atoms with Crippen LogP contribution in [0.15, 0.2) is 17.4 Å². The molecule has 1 aromatic heterocycles. The molecule has 1 aromatic rings. The highest BCUT2D eigenvalue weighted by Crippen LogP contribution is 1.92. The molecule has 0 atom stereocenters. The van der Waals surface area contributed by atoms with Gasteiger partial charge in [0.15, 0.2) is 5.84 Å². The van der Waals surface area contributed by atoms with Crippen LogP contribution in [0.25, 0.3) is 0 Å². The predicted molar refractivity (Wildman–Crippen MR) is 49.0 cm³/mol. The number of oxime groups is 1. The lowest BCUT2D eigenvalue weighted by Gasteiger charge is -2.00. The molecule has 7 heteroatoms. The number of amidine groups is 1. The Morgan fingerprint density at radius 2 is 2.57 bits per heavy atom. The van der Waals surface area contributed by atoms with E-state index in [1.54, 1.807) is 19.3 Å². The lowest BCUT2D eigenvalue weighted by Crippen LogP contribution is -2.33. The molecular weight excluding hydrogens is 186 g/mol. The molecule has 0 aliphatic carbocycles. The fourth-order valence-electron chi connectivity index (χ4n) is 0.833. The number of hydrogen-bond donors (Lipinski definition) is 3. The van der Waals surface area contributed by atoms with Crippen LogP contribution in [-0.4, -0.2) is 33.3 Å². The number of carbonyl (C=O) groups excluding carboxylic acids is 1.